The number of hydrogen-bond acceptors (Lipinski definition) is 5. The summed E-state index contributed by atoms with van der Waals surface area (Å²) in [7, 11) is 0. The molecule has 8 nitrogen and oxygen atoms in total. The van der Waals surface area contributed by atoms with E-state index in [1.54, 1.807) is 6.20 Å². The van der Waals surface area contributed by atoms with E-state index in [0.29, 0.717) is 38.3 Å². The fourth-order valence-electron chi connectivity index (χ4n) is 4.19. The van der Waals surface area contributed by atoms with Crippen molar-refractivity contribution in [2.75, 3.05) is 31.1 Å². The second-order valence-corrected chi connectivity index (χ2v) is 8.21. The number of piperazine rings is 1. The van der Waals surface area contributed by atoms with Crippen LogP contribution in [0.15, 0.2) is 24.4 Å². The van der Waals surface area contributed by atoms with Crippen LogP contribution in [-0.2, 0) is 14.4 Å². The molecule has 0 bridgehead atoms. The molecule has 0 radical (unpaired) electrons. The lowest BCUT2D eigenvalue weighted by molar-refractivity contribution is -0.132. The lowest BCUT2D eigenvalue weighted by Gasteiger charge is -2.35. The molecule has 0 spiro atoms. The van der Waals surface area contributed by atoms with Gasteiger partial charge in [0.25, 0.3) is 0 Å². The van der Waals surface area contributed by atoms with Crippen LogP contribution in [0, 0.1) is 5.92 Å². The summed E-state index contributed by atoms with van der Waals surface area (Å²) in [4.78, 5) is 44.6. The molecule has 30 heavy (non-hydrogen) atoms. The van der Waals surface area contributed by atoms with Gasteiger partial charge in [0.2, 0.25) is 17.7 Å². The van der Waals surface area contributed by atoms with Crippen LogP contribution in [-0.4, -0.2) is 53.8 Å². The van der Waals surface area contributed by atoms with Gasteiger partial charge in [0.15, 0.2) is 0 Å². The van der Waals surface area contributed by atoms with Crippen LogP contribution in [0.25, 0.3) is 0 Å². The van der Waals surface area contributed by atoms with Gasteiger partial charge in [0.05, 0.1) is 0 Å². The van der Waals surface area contributed by atoms with Crippen molar-refractivity contribution in [2.24, 2.45) is 5.92 Å². The maximum atomic E-state index is 12.4. The number of aromatic nitrogens is 1. The number of rotatable bonds is 7. The summed E-state index contributed by atoms with van der Waals surface area (Å²) in [5, 5.41) is 0. The molecule has 1 aliphatic heterocycles. The molecular formula is C22H33N5O3. The highest BCUT2D eigenvalue weighted by Crippen LogP contribution is 2.25. The van der Waals surface area contributed by atoms with E-state index in [9.17, 15) is 14.4 Å². The summed E-state index contributed by atoms with van der Waals surface area (Å²) in [5.74, 6) is 1.07. The van der Waals surface area contributed by atoms with E-state index in [0.717, 1.165) is 31.7 Å². The number of carbonyl (C=O) groups excluding carboxylic acids is 3. The van der Waals surface area contributed by atoms with E-state index in [2.05, 4.69) is 20.7 Å². The summed E-state index contributed by atoms with van der Waals surface area (Å²) in [6.45, 7) is 2.85. The minimum absolute atomic E-state index is 0.0739. The number of carbonyl (C=O) groups is 3. The number of anilines is 1. The zero-order chi connectivity index (χ0) is 21.2. The van der Waals surface area contributed by atoms with E-state index in [-0.39, 0.29) is 24.1 Å². The molecule has 1 aliphatic carbocycles. The van der Waals surface area contributed by atoms with E-state index in [1.807, 2.05) is 23.1 Å². The van der Waals surface area contributed by atoms with Crippen molar-refractivity contribution in [1.29, 1.82) is 0 Å². The minimum Gasteiger partial charge on any atom is -0.353 e. The second kappa shape index (κ2) is 11.5. The van der Waals surface area contributed by atoms with Crippen LogP contribution >= 0.6 is 0 Å². The lowest BCUT2D eigenvalue weighted by Crippen LogP contribution is -2.49. The molecule has 2 heterocycles. The van der Waals surface area contributed by atoms with Gasteiger partial charge in [-0.25, -0.2) is 4.98 Å². The Bertz CT molecular complexity index is 698. The summed E-state index contributed by atoms with van der Waals surface area (Å²) < 4.78 is 0. The molecule has 0 atom stereocenters. The van der Waals surface area contributed by atoms with Crippen LogP contribution in [0.3, 0.4) is 0 Å². The average molecular weight is 416 g/mol. The van der Waals surface area contributed by atoms with Gasteiger partial charge in [0.1, 0.15) is 5.82 Å². The van der Waals surface area contributed by atoms with Crippen LogP contribution in [0.2, 0.25) is 0 Å². The minimum atomic E-state index is -0.250. The molecule has 0 aromatic carbocycles. The van der Waals surface area contributed by atoms with Crippen molar-refractivity contribution in [3.05, 3.63) is 24.4 Å². The Kier molecular flexibility index (Phi) is 8.47. The zero-order valence-corrected chi connectivity index (χ0v) is 17.6. The van der Waals surface area contributed by atoms with Gasteiger partial charge in [0, 0.05) is 51.6 Å². The molecule has 0 unspecified atom stereocenters. The quantitative estimate of drug-likeness (QED) is 0.665. The van der Waals surface area contributed by atoms with Gasteiger partial charge in [-0.15, -0.1) is 0 Å². The zero-order valence-electron chi connectivity index (χ0n) is 17.6. The van der Waals surface area contributed by atoms with Crippen molar-refractivity contribution < 1.29 is 14.4 Å². The highest BCUT2D eigenvalue weighted by Gasteiger charge is 2.22. The van der Waals surface area contributed by atoms with Crippen LogP contribution in [0.1, 0.15) is 57.8 Å². The van der Waals surface area contributed by atoms with Crippen molar-refractivity contribution >= 4 is 23.5 Å². The third-order valence-corrected chi connectivity index (χ3v) is 5.94. The number of nitrogens with zero attached hydrogens (tertiary/aromatic N) is 3. The number of amides is 3. The van der Waals surface area contributed by atoms with E-state index in [4.69, 9.17) is 0 Å². The average Bonchev–Trinajstić information content (AvgIpc) is 2.79. The number of pyridine rings is 1. The fraction of sp³-hybridized carbons (Fsp3) is 0.636. The first kappa shape index (κ1) is 22.1. The van der Waals surface area contributed by atoms with Crippen molar-refractivity contribution in [1.82, 2.24) is 20.7 Å². The number of nitrogens with one attached hydrogen (secondary N) is 2. The van der Waals surface area contributed by atoms with Gasteiger partial charge in [-0.05, 0) is 37.3 Å². The lowest BCUT2D eigenvalue weighted by atomic mass is 9.87. The van der Waals surface area contributed by atoms with Gasteiger partial charge >= 0.3 is 0 Å². The molecule has 1 aromatic heterocycles. The summed E-state index contributed by atoms with van der Waals surface area (Å²) in [5.41, 5.74) is 4.98. The predicted molar refractivity (Wildman–Crippen MR) is 114 cm³/mol. The third kappa shape index (κ3) is 7.00. The maximum absolute atomic E-state index is 12.4. The molecule has 3 amide bonds. The van der Waals surface area contributed by atoms with Crippen molar-refractivity contribution in [2.45, 2.75) is 57.8 Å². The Labute approximate surface area is 178 Å². The molecule has 2 N–H and O–H groups in total. The normalized spacial score (nSPS) is 17.5. The fourth-order valence-corrected chi connectivity index (χ4v) is 4.19. The molecule has 3 rings (SSSR count). The number of hydrazine groups is 1. The van der Waals surface area contributed by atoms with E-state index >= 15 is 0 Å². The van der Waals surface area contributed by atoms with E-state index < -0.39 is 0 Å². The molecule has 2 aliphatic rings. The third-order valence-electron chi connectivity index (χ3n) is 5.94. The molecule has 1 saturated carbocycles. The predicted octanol–water partition coefficient (Wildman–Crippen LogP) is 2.02. The first-order valence-corrected chi connectivity index (χ1v) is 11.1. The molecule has 164 valence electrons. The molecular weight excluding hydrogens is 382 g/mol. The standard InChI is InChI=1S/C22H33N5O3/c28-20(24-25-21(29)17-18-7-2-1-3-8-18)10-6-11-22(30)27-15-13-26(14-16-27)19-9-4-5-12-23-19/h4-5,9,12,18H,1-3,6-8,10-11,13-17H2,(H,24,28)(H,25,29). The van der Waals surface area contributed by atoms with Gasteiger partial charge in [-0.1, -0.05) is 25.3 Å². The van der Waals surface area contributed by atoms with Crippen LogP contribution < -0.4 is 15.8 Å². The Morgan fingerprint density at radius 2 is 1.67 bits per heavy atom. The Morgan fingerprint density at radius 3 is 2.37 bits per heavy atom. The molecule has 1 aromatic rings. The molecule has 1 saturated heterocycles. The van der Waals surface area contributed by atoms with Crippen LogP contribution in [0.4, 0.5) is 5.82 Å². The summed E-state index contributed by atoms with van der Waals surface area (Å²) >= 11 is 0. The monoisotopic (exact) mass is 415 g/mol. The van der Waals surface area contributed by atoms with E-state index in [1.165, 1.54) is 19.3 Å². The van der Waals surface area contributed by atoms with Gasteiger partial charge in [-0.2, -0.15) is 0 Å². The Morgan fingerprint density at radius 1 is 0.933 bits per heavy atom. The summed E-state index contributed by atoms with van der Waals surface area (Å²) in [6.07, 6.45) is 9.12. The Hall–Kier alpha value is -2.64. The highest BCUT2D eigenvalue weighted by molar-refractivity contribution is 5.82. The van der Waals surface area contributed by atoms with Gasteiger partial charge in [-0.3, -0.25) is 25.2 Å². The summed E-state index contributed by atoms with van der Waals surface area (Å²) in [6, 6.07) is 5.83. The second-order valence-electron chi connectivity index (χ2n) is 8.21. The first-order valence-electron chi connectivity index (χ1n) is 11.1. The van der Waals surface area contributed by atoms with Crippen molar-refractivity contribution in [3.8, 4) is 0 Å². The first-order chi connectivity index (χ1) is 14.6. The maximum Gasteiger partial charge on any atom is 0.238 e. The highest BCUT2D eigenvalue weighted by atomic mass is 16.2. The van der Waals surface area contributed by atoms with Crippen molar-refractivity contribution in [3.63, 3.8) is 0 Å². The molecule has 2 fully saturated rings. The van der Waals surface area contributed by atoms with Gasteiger partial charge < -0.3 is 9.80 Å². The van der Waals surface area contributed by atoms with Crippen LogP contribution in [0.5, 0.6) is 0 Å². The Balaban J connectivity index is 1.26. The topological polar surface area (TPSA) is 94.6 Å². The number of hydrogen-bond donors (Lipinski definition) is 2. The largest absolute Gasteiger partial charge is 0.353 e. The SMILES string of the molecule is O=C(CCCC(=O)N1CCN(c2ccccn2)CC1)NNC(=O)CC1CCCCC1. The molecule has 8 heteroatoms. The smallest absolute Gasteiger partial charge is 0.238 e.